The highest BCUT2D eigenvalue weighted by Crippen LogP contribution is 2.23. The normalized spacial score (nSPS) is 11.2. The molecule has 2 aromatic heterocycles. The number of nitrogens with zero attached hydrogens (tertiary/aromatic N) is 4. The Kier molecular flexibility index (Phi) is 2.98. The van der Waals surface area contributed by atoms with Crippen molar-refractivity contribution >= 4 is 22.8 Å². The predicted molar refractivity (Wildman–Crippen MR) is 81.3 cm³/mol. The number of benzene rings is 1. The molecule has 0 aliphatic rings. The largest absolute Gasteiger partial charge is 0.332 e. The number of halogens is 1. The second-order valence-corrected chi connectivity index (χ2v) is 5.22. The lowest BCUT2D eigenvalue weighted by molar-refractivity contribution is 0.707. The first-order valence-corrected chi connectivity index (χ1v) is 6.71. The van der Waals surface area contributed by atoms with Crippen molar-refractivity contribution in [1.82, 2.24) is 18.7 Å². The number of para-hydroxylation sites is 1. The average Bonchev–Trinajstić information content (AvgIpc) is 2.81. The molecule has 3 rings (SSSR count). The van der Waals surface area contributed by atoms with Crippen molar-refractivity contribution < 1.29 is 0 Å². The van der Waals surface area contributed by atoms with Crippen molar-refractivity contribution in [3.63, 3.8) is 0 Å². The summed E-state index contributed by atoms with van der Waals surface area (Å²) >= 11 is 6.21. The van der Waals surface area contributed by atoms with Crippen molar-refractivity contribution in [2.24, 2.45) is 14.1 Å². The van der Waals surface area contributed by atoms with E-state index in [4.69, 9.17) is 11.6 Å². The molecule has 0 aliphatic carbocycles. The van der Waals surface area contributed by atoms with Crippen LogP contribution in [0, 0.1) is 6.92 Å². The molecule has 7 heteroatoms. The average molecular weight is 305 g/mol. The number of hydrogen-bond donors (Lipinski definition) is 0. The van der Waals surface area contributed by atoms with Crippen molar-refractivity contribution in [1.29, 1.82) is 0 Å². The van der Waals surface area contributed by atoms with E-state index in [9.17, 15) is 9.59 Å². The van der Waals surface area contributed by atoms with Crippen LogP contribution in [0.25, 0.3) is 16.9 Å². The van der Waals surface area contributed by atoms with E-state index in [1.807, 2.05) is 31.2 Å². The second-order valence-electron chi connectivity index (χ2n) is 4.88. The van der Waals surface area contributed by atoms with E-state index in [2.05, 4.69) is 4.98 Å². The number of imidazole rings is 1. The van der Waals surface area contributed by atoms with E-state index in [1.54, 1.807) is 11.6 Å². The van der Waals surface area contributed by atoms with E-state index < -0.39 is 11.2 Å². The van der Waals surface area contributed by atoms with Gasteiger partial charge in [-0.25, -0.2) is 4.79 Å². The molecule has 0 spiro atoms. The van der Waals surface area contributed by atoms with Gasteiger partial charge in [0.05, 0.1) is 5.69 Å². The molecule has 2 heterocycles. The van der Waals surface area contributed by atoms with Crippen LogP contribution in [-0.4, -0.2) is 18.7 Å². The summed E-state index contributed by atoms with van der Waals surface area (Å²) in [4.78, 5) is 28.6. The Bertz CT molecular complexity index is 981. The molecular formula is C14H13ClN4O2. The Balaban J connectivity index is 2.57. The number of aryl methyl sites for hydroxylation is 2. The summed E-state index contributed by atoms with van der Waals surface area (Å²) < 4.78 is 3.94. The minimum atomic E-state index is -0.432. The molecule has 0 fully saturated rings. The van der Waals surface area contributed by atoms with Gasteiger partial charge in [0.15, 0.2) is 11.2 Å². The molecule has 1 aromatic carbocycles. The maximum Gasteiger partial charge on any atom is 0.332 e. The number of rotatable bonds is 1. The number of aromatic nitrogens is 4. The third-order valence-electron chi connectivity index (χ3n) is 3.57. The van der Waals surface area contributed by atoms with Crippen LogP contribution in [-0.2, 0) is 14.1 Å². The van der Waals surface area contributed by atoms with Gasteiger partial charge in [0, 0.05) is 14.1 Å². The Morgan fingerprint density at radius 2 is 1.76 bits per heavy atom. The summed E-state index contributed by atoms with van der Waals surface area (Å²) in [6.45, 7) is 1.92. The molecule has 0 radical (unpaired) electrons. The molecule has 0 N–H and O–H groups in total. The maximum absolute atomic E-state index is 12.5. The summed E-state index contributed by atoms with van der Waals surface area (Å²) in [6.07, 6.45) is 0. The van der Waals surface area contributed by atoms with Crippen molar-refractivity contribution in [2.45, 2.75) is 6.92 Å². The Hall–Kier alpha value is -2.34. The highest BCUT2D eigenvalue weighted by atomic mass is 35.5. The molecule has 0 saturated carbocycles. The van der Waals surface area contributed by atoms with Gasteiger partial charge in [-0.05, 0) is 30.2 Å². The van der Waals surface area contributed by atoms with Gasteiger partial charge in [-0.1, -0.05) is 18.2 Å². The van der Waals surface area contributed by atoms with Crippen LogP contribution >= 0.6 is 11.6 Å². The fourth-order valence-corrected chi connectivity index (χ4v) is 2.66. The van der Waals surface area contributed by atoms with Crippen LogP contribution in [0.2, 0.25) is 5.28 Å². The zero-order valence-corrected chi connectivity index (χ0v) is 12.5. The fourth-order valence-electron chi connectivity index (χ4n) is 2.40. The maximum atomic E-state index is 12.5. The minimum absolute atomic E-state index is 0.151. The van der Waals surface area contributed by atoms with Gasteiger partial charge >= 0.3 is 5.69 Å². The van der Waals surface area contributed by atoms with Crippen LogP contribution < -0.4 is 11.2 Å². The SMILES string of the molecule is Cc1ccccc1-n1c(Cl)nc2c1c(=O)n(C)c(=O)n2C. The molecule has 108 valence electrons. The van der Waals surface area contributed by atoms with Gasteiger partial charge in [0.1, 0.15) is 0 Å². The van der Waals surface area contributed by atoms with Gasteiger partial charge in [0.25, 0.3) is 5.56 Å². The van der Waals surface area contributed by atoms with E-state index >= 15 is 0 Å². The Labute approximate surface area is 124 Å². The van der Waals surface area contributed by atoms with E-state index in [-0.39, 0.29) is 10.9 Å². The Morgan fingerprint density at radius 1 is 1.10 bits per heavy atom. The van der Waals surface area contributed by atoms with E-state index in [0.29, 0.717) is 5.52 Å². The van der Waals surface area contributed by atoms with Crippen LogP contribution in [0.5, 0.6) is 0 Å². The molecule has 0 atom stereocenters. The quantitative estimate of drug-likeness (QED) is 0.638. The number of fused-ring (bicyclic) bond motifs is 1. The standard InChI is InChI=1S/C14H13ClN4O2/c1-8-6-4-5-7-9(8)19-10-11(16-13(19)15)17(2)14(21)18(3)12(10)20/h4-7H,1-3H3. The van der Waals surface area contributed by atoms with Crippen LogP contribution in [0.15, 0.2) is 33.9 Å². The van der Waals surface area contributed by atoms with Crippen LogP contribution in [0.3, 0.4) is 0 Å². The van der Waals surface area contributed by atoms with Crippen LogP contribution in [0.4, 0.5) is 0 Å². The number of hydrogen-bond acceptors (Lipinski definition) is 3. The first-order valence-electron chi connectivity index (χ1n) is 6.33. The minimum Gasteiger partial charge on any atom is -0.279 e. The van der Waals surface area contributed by atoms with Crippen molar-refractivity contribution in [3.8, 4) is 5.69 Å². The van der Waals surface area contributed by atoms with Gasteiger partial charge in [-0.3, -0.25) is 18.5 Å². The molecule has 3 aromatic rings. The van der Waals surface area contributed by atoms with E-state index in [0.717, 1.165) is 15.8 Å². The van der Waals surface area contributed by atoms with Gasteiger partial charge in [0.2, 0.25) is 5.28 Å². The highest BCUT2D eigenvalue weighted by molar-refractivity contribution is 6.29. The smallest absolute Gasteiger partial charge is 0.279 e. The molecule has 0 unspecified atom stereocenters. The van der Waals surface area contributed by atoms with Crippen LogP contribution in [0.1, 0.15) is 5.56 Å². The highest BCUT2D eigenvalue weighted by Gasteiger charge is 2.19. The second kappa shape index (κ2) is 4.60. The zero-order chi connectivity index (χ0) is 15.3. The summed E-state index contributed by atoms with van der Waals surface area (Å²) in [5.41, 5.74) is 1.43. The lowest BCUT2D eigenvalue weighted by Gasteiger charge is -2.09. The fraction of sp³-hybridized carbons (Fsp3) is 0.214. The monoisotopic (exact) mass is 304 g/mol. The zero-order valence-electron chi connectivity index (χ0n) is 11.8. The summed E-state index contributed by atoms with van der Waals surface area (Å²) in [5.74, 6) is 0. The molecule has 0 bridgehead atoms. The first-order chi connectivity index (χ1) is 9.93. The van der Waals surface area contributed by atoms with E-state index in [1.165, 1.54) is 11.6 Å². The molecule has 6 nitrogen and oxygen atoms in total. The first kappa shape index (κ1) is 13.6. The molecule has 0 saturated heterocycles. The van der Waals surface area contributed by atoms with Gasteiger partial charge < -0.3 is 0 Å². The molecule has 21 heavy (non-hydrogen) atoms. The molecule has 0 amide bonds. The summed E-state index contributed by atoms with van der Waals surface area (Å²) in [7, 11) is 3.00. The summed E-state index contributed by atoms with van der Waals surface area (Å²) in [6, 6.07) is 7.54. The molecular weight excluding hydrogens is 292 g/mol. The van der Waals surface area contributed by atoms with Gasteiger partial charge in [-0.15, -0.1) is 0 Å². The van der Waals surface area contributed by atoms with Gasteiger partial charge in [-0.2, -0.15) is 4.98 Å². The molecule has 0 aliphatic heterocycles. The third-order valence-corrected chi connectivity index (χ3v) is 3.83. The summed E-state index contributed by atoms with van der Waals surface area (Å²) in [5, 5.41) is 0.151. The lowest BCUT2D eigenvalue weighted by Crippen LogP contribution is -2.37. The van der Waals surface area contributed by atoms with Crippen molar-refractivity contribution in [3.05, 3.63) is 56.0 Å². The lowest BCUT2D eigenvalue weighted by atomic mass is 10.2. The third kappa shape index (κ3) is 1.83. The van der Waals surface area contributed by atoms with Crippen molar-refractivity contribution in [2.75, 3.05) is 0 Å². The predicted octanol–water partition coefficient (Wildman–Crippen LogP) is 1.38. The Morgan fingerprint density at radius 3 is 2.43 bits per heavy atom. The topological polar surface area (TPSA) is 61.8 Å².